The maximum atomic E-state index is 11.8. The highest BCUT2D eigenvalue weighted by Gasteiger charge is 2.20. The minimum Gasteiger partial charge on any atom is -0.394 e. The molecule has 0 radical (unpaired) electrons. The largest absolute Gasteiger partial charge is 0.394 e. The number of anilines is 3. The van der Waals surface area contributed by atoms with Crippen LogP contribution in [0.4, 0.5) is 16.8 Å². The molecule has 0 saturated carbocycles. The summed E-state index contributed by atoms with van der Waals surface area (Å²) >= 11 is 11.4. The number of H-pyrrole nitrogens is 1. The Balaban J connectivity index is 0.000000211. The van der Waals surface area contributed by atoms with E-state index < -0.39 is 0 Å². The highest BCUT2D eigenvalue weighted by Crippen LogP contribution is 2.37. The van der Waals surface area contributed by atoms with Gasteiger partial charge in [-0.1, -0.05) is 116 Å². The van der Waals surface area contributed by atoms with E-state index in [1.807, 2.05) is 31.2 Å². The fourth-order valence-corrected chi connectivity index (χ4v) is 8.95. The monoisotopic (exact) mass is 842 g/mol. The molecule has 1 aromatic carbocycles. The summed E-state index contributed by atoms with van der Waals surface area (Å²) in [5.41, 5.74) is 9.07. The van der Waals surface area contributed by atoms with Gasteiger partial charge in [-0.05, 0) is 56.2 Å². The second kappa shape index (κ2) is 20.0. The lowest BCUT2D eigenvalue weighted by atomic mass is 10.0. The van der Waals surface area contributed by atoms with Gasteiger partial charge in [0.05, 0.1) is 41.3 Å². The second-order valence-electron chi connectivity index (χ2n) is 13.7. The van der Waals surface area contributed by atoms with Crippen molar-refractivity contribution in [2.24, 2.45) is 11.8 Å². The van der Waals surface area contributed by atoms with Crippen molar-refractivity contribution in [3.63, 3.8) is 0 Å². The topological polar surface area (TPSA) is 201 Å². The van der Waals surface area contributed by atoms with E-state index >= 15 is 0 Å². The molecule has 0 aliphatic rings. The third kappa shape index (κ3) is 12.2. The van der Waals surface area contributed by atoms with Crippen molar-refractivity contribution in [3.05, 3.63) is 74.6 Å². The van der Waals surface area contributed by atoms with Gasteiger partial charge >= 0.3 is 4.87 Å². The van der Waals surface area contributed by atoms with Crippen LogP contribution >= 0.6 is 57.8 Å². The predicted octanol–water partition coefficient (Wildman–Crippen LogP) is 8.44. The molecule has 0 bridgehead atoms. The Bertz CT molecular complexity index is 2180. The summed E-state index contributed by atoms with van der Waals surface area (Å²) in [5.74, 6) is 2.13. The van der Waals surface area contributed by atoms with Crippen molar-refractivity contribution in [3.8, 4) is 0 Å². The molecule has 55 heavy (non-hydrogen) atoms. The Morgan fingerprint density at radius 2 is 1.38 bits per heavy atom. The third-order valence-corrected chi connectivity index (χ3v) is 12.1. The number of fused-ring (bicyclic) bond motifs is 2. The number of halogens is 1. The van der Waals surface area contributed by atoms with E-state index in [9.17, 15) is 15.0 Å². The van der Waals surface area contributed by atoms with Crippen LogP contribution in [-0.4, -0.2) is 70.4 Å². The van der Waals surface area contributed by atoms with Crippen LogP contribution in [0, 0.1) is 11.8 Å². The molecule has 4 atom stereocenters. The molecule has 294 valence electrons. The summed E-state index contributed by atoms with van der Waals surface area (Å²) in [6.07, 6.45) is 3.24. The molecule has 6 aromatic rings. The molecule has 6 rings (SSSR count). The molecular formula is C37H47ClN10O3S4. The van der Waals surface area contributed by atoms with Gasteiger partial charge in [-0.3, -0.25) is 14.8 Å². The van der Waals surface area contributed by atoms with Gasteiger partial charge in [-0.15, -0.1) is 0 Å². The number of thiazole rings is 2. The minimum atomic E-state index is -0.189. The first-order valence-corrected chi connectivity index (χ1v) is 21.7. The van der Waals surface area contributed by atoms with Crippen LogP contribution in [0.15, 0.2) is 63.8 Å². The molecule has 0 spiro atoms. The number of nitrogens with zero attached hydrogens (tertiary/aromatic N) is 6. The van der Waals surface area contributed by atoms with E-state index in [1.54, 1.807) is 24.0 Å². The van der Waals surface area contributed by atoms with Crippen LogP contribution in [0.2, 0.25) is 5.02 Å². The minimum absolute atomic E-state index is 0.00257. The number of aliphatic hydroxyl groups is 2. The number of thioether (sulfide) groups is 2. The maximum absolute atomic E-state index is 11.8. The van der Waals surface area contributed by atoms with Gasteiger partial charge in [-0.2, -0.15) is 0 Å². The lowest BCUT2D eigenvalue weighted by Gasteiger charge is -2.19. The Labute approximate surface area is 341 Å². The van der Waals surface area contributed by atoms with Crippen LogP contribution in [0.1, 0.15) is 76.1 Å². The number of nitrogen functional groups attached to an aromatic ring is 1. The van der Waals surface area contributed by atoms with Crippen molar-refractivity contribution >= 4 is 95.3 Å². The summed E-state index contributed by atoms with van der Waals surface area (Å²) in [4.78, 5) is 41.5. The molecule has 0 amide bonds. The Morgan fingerprint density at radius 1 is 0.782 bits per heavy atom. The van der Waals surface area contributed by atoms with Gasteiger partial charge in [0.1, 0.15) is 9.40 Å². The van der Waals surface area contributed by atoms with Gasteiger partial charge in [-0.25, -0.2) is 24.9 Å². The summed E-state index contributed by atoms with van der Waals surface area (Å²) in [7, 11) is 0. The number of hydrogen-bond acceptors (Lipinski definition) is 16. The first-order valence-electron chi connectivity index (χ1n) is 17.9. The molecule has 18 heteroatoms. The zero-order chi connectivity index (χ0) is 39.6. The number of rotatable bonds is 16. The number of aliphatic hydroxyl groups excluding tert-OH is 2. The van der Waals surface area contributed by atoms with Crippen molar-refractivity contribution in [1.82, 2.24) is 34.9 Å². The molecule has 5 aromatic heterocycles. The molecule has 0 saturated heterocycles. The van der Waals surface area contributed by atoms with Crippen LogP contribution in [0.3, 0.4) is 0 Å². The molecule has 0 unspecified atom stereocenters. The molecule has 13 nitrogen and oxygen atoms in total. The number of aromatic amines is 1. The Morgan fingerprint density at radius 3 is 1.96 bits per heavy atom. The SMILES string of the molecule is CC(C)C[C@H](CO)Nc1nc(S[C@@H](C)c2ccc(Cl)cn2)nc2[nH]c(=O)sc12.CC(C)C[C@H](CO)Nc1nc(S[C@@H](C)c2ccccc2)nc2nc(N)sc12. The quantitative estimate of drug-likeness (QED) is 0.0400. The second-order valence-corrected chi connectivity index (χ2v) is 18.8. The van der Waals surface area contributed by atoms with Gasteiger partial charge in [0.15, 0.2) is 38.4 Å². The lowest BCUT2D eigenvalue weighted by molar-refractivity contribution is 0.259. The third-order valence-electron chi connectivity index (χ3n) is 8.14. The van der Waals surface area contributed by atoms with E-state index in [0.29, 0.717) is 59.9 Å². The normalized spacial score (nSPS) is 13.8. The van der Waals surface area contributed by atoms with E-state index in [-0.39, 0.29) is 40.7 Å². The number of benzene rings is 1. The number of aromatic nitrogens is 7. The smallest absolute Gasteiger partial charge is 0.306 e. The van der Waals surface area contributed by atoms with Crippen molar-refractivity contribution in [2.75, 3.05) is 29.6 Å². The molecule has 0 aliphatic heterocycles. The van der Waals surface area contributed by atoms with Crippen LogP contribution in [-0.2, 0) is 0 Å². The molecule has 0 aliphatic carbocycles. The van der Waals surface area contributed by atoms with Gasteiger partial charge in [0, 0.05) is 11.4 Å². The highest BCUT2D eigenvalue weighted by atomic mass is 35.5. The van der Waals surface area contributed by atoms with Crippen molar-refractivity contribution in [1.29, 1.82) is 0 Å². The molecule has 0 fully saturated rings. The van der Waals surface area contributed by atoms with E-state index in [0.717, 1.165) is 34.6 Å². The van der Waals surface area contributed by atoms with Crippen molar-refractivity contribution in [2.45, 2.75) is 87.3 Å². The number of nitrogens with one attached hydrogen (secondary N) is 3. The zero-order valence-corrected chi connectivity index (χ0v) is 35.5. The van der Waals surface area contributed by atoms with Crippen LogP contribution in [0.25, 0.3) is 20.7 Å². The van der Waals surface area contributed by atoms with E-state index in [1.165, 1.54) is 28.7 Å². The number of pyridine rings is 1. The van der Waals surface area contributed by atoms with Gasteiger partial charge in [0.2, 0.25) is 0 Å². The maximum Gasteiger partial charge on any atom is 0.306 e. The zero-order valence-electron chi connectivity index (χ0n) is 31.5. The predicted molar refractivity (Wildman–Crippen MR) is 230 cm³/mol. The standard InChI is InChI=1S/C19H25N5OS2.C18H22ClN5O2S2/c1-11(2)9-14(10-25)21-16-15-17(22-18(20)27-15)24-19(23-16)26-12(3)13-7-5-4-6-8-13;1-9(2)6-12(8-25)21-15-14-16(24-18(26)28-14)23-17(22-15)27-10(3)13-5-4-11(19)7-20-13/h4-8,11-12,14,25H,9-10H2,1-3H3,(H3,20,21,22,23,24);4-5,7,9-10,12,25H,6,8H2,1-3H3,(H2,21,22,23,24,26)/t12-,14+;10-,12+/m00/s1. The fraction of sp³-hybridized carbons (Fsp3) is 0.432. The average molecular weight is 844 g/mol. The molecular weight excluding hydrogens is 796 g/mol. The summed E-state index contributed by atoms with van der Waals surface area (Å²) < 4.78 is 1.49. The Kier molecular flexibility index (Phi) is 15.5. The summed E-state index contributed by atoms with van der Waals surface area (Å²) in [6, 6.07) is 13.7. The fourth-order valence-electron chi connectivity index (χ4n) is 5.63. The average Bonchev–Trinajstić information content (AvgIpc) is 3.72. The molecule has 7 N–H and O–H groups in total. The van der Waals surface area contributed by atoms with Gasteiger partial charge < -0.3 is 26.6 Å². The van der Waals surface area contributed by atoms with Crippen molar-refractivity contribution < 1.29 is 10.2 Å². The first kappa shape index (κ1) is 42.6. The van der Waals surface area contributed by atoms with E-state index in [4.69, 9.17) is 22.3 Å². The lowest BCUT2D eigenvalue weighted by Crippen LogP contribution is -2.26. The molecule has 5 heterocycles. The van der Waals surface area contributed by atoms with E-state index in [2.05, 4.69) is 87.3 Å². The number of nitrogens with two attached hydrogens (primary N) is 1. The summed E-state index contributed by atoms with van der Waals surface area (Å²) in [5, 5.41) is 28.5. The number of hydrogen-bond donors (Lipinski definition) is 6. The summed E-state index contributed by atoms with van der Waals surface area (Å²) in [6.45, 7) is 12.6. The Hall–Kier alpha value is -3.58. The van der Waals surface area contributed by atoms with Crippen LogP contribution in [0.5, 0.6) is 0 Å². The highest BCUT2D eigenvalue weighted by molar-refractivity contribution is 7.99. The van der Waals surface area contributed by atoms with Gasteiger partial charge in [0.25, 0.3) is 0 Å². The van der Waals surface area contributed by atoms with Crippen LogP contribution < -0.4 is 21.2 Å². The first-order chi connectivity index (χ1) is 26.3.